The number of halogens is 3. The van der Waals surface area contributed by atoms with Crippen LogP contribution in [0.5, 0.6) is 0 Å². The van der Waals surface area contributed by atoms with E-state index in [1.165, 1.54) is 4.90 Å². The first-order valence-electron chi connectivity index (χ1n) is 6.16. The van der Waals surface area contributed by atoms with Crippen molar-refractivity contribution in [3.63, 3.8) is 0 Å². The Hall–Kier alpha value is -1.56. The number of hydrogen-bond acceptors (Lipinski definition) is 2. The summed E-state index contributed by atoms with van der Waals surface area (Å²) in [4.78, 5) is 13.6. The van der Waals surface area contributed by atoms with E-state index in [-0.39, 0.29) is 5.56 Å². The van der Waals surface area contributed by atoms with Crippen molar-refractivity contribution in [1.82, 2.24) is 4.90 Å². The maximum absolute atomic E-state index is 13.1. The molecule has 104 valence electrons. The lowest BCUT2D eigenvalue weighted by Gasteiger charge is -2.31. The van der Waals surface area contributed by atoms with Crippen LogP contribution in [0.2, 0.25) is 0 Å². The third-order valence-electron chi connectivity index (χ3n) is 3.47. The van der Waals surface area contributed by atoms with Gasteiger partial charge in [0, 0.05) is 18.7 Å². The number of nitrogens with zero attached hydrogens (tertiary/aromatic N) is 1. The van der Waals surface area contributed by atoms with Gasteiger partial charge in [0.15, 0.2) is 17.5 Å². The molecule has 1 aromatic carbocycles. The molecule has 2 N–H and O–H groups in total. The van der Waals surface area contributed by atoms with Crippen LogP contribution in [0.15, 0.2) is 12.1 Å². The molecule has 0 unspecified atom stereocenters. The van der Waals surface area contributed by atoms with Crippen LogP contribution in [0.4, 0.5) is 13.2 Å². The normalized spacial score (nSPS) is 16.7. The Bertz CT molecular complexity index is 462. The number of hydrogen-bond donors (Lipinski definition) is 1. The standard InChI is InChI=1S/C13H15F3N2O/c14-10-5-9(6-11(15)12(10)16)13(19)18-3-1-8(7-17)2-4-18/h5-6,8H,1-4,7,17H2. The molecule has 0 aliphatic carbocycles. The Balaban J connectivity index is 2.12. The number of amides is 1. The largest absolute Gasteiger partial charge is 0.339 e. The summed E-state index contributed by atoms with van der Waals surface area (Å²) >= 11 is 0. The number of carbonyl (C=O) groups excluding carboxylic acids is 1. The Morgan fingerprint density at radius 3 is 2.21 bits per heavy atom. The SMILES string of the molecule is NCC1CCN(C(=O)c2cc(F)c(F)c(F)c2)CC1. The summed E-state index contributed by atoms with van der Waals surface area (Å²) in [6.07, 6.45) is 1.54. The number of nitrogens with two attached hydrogens (primary N) is 1. The Kier molecular flexibility index (Phi) is 4.09. The molecule has 3 nitrogen and oxygen atoms in total. The Labute approximate surface area is 109 Å². The number of likely N-dealkylation sites (tertiary alicyclic amines) is 1. The van der Waals surface area contributed by atoms with E-state index in [0.29, 0.717) is 25.6 Å². The van der Waals surface area contributed by atoms with Crippen molar-refractivity contribution >= 4 is 5.91 Å². The lowest BCUT2D eigenvalue weighted by molar-refractivity contribution is 0.0692. The van der Waals surface area contributed by atoms with Crippen molar-refractivity contribution in [2.75, 3.05) is 19.6 Å². The average Bonchev–Trinajstić information content (AvgIpc) is 2.43. The molecule has 19 heavy (non-hydrogen) atoms. The summed E-state index contributed by atoms with van der Waals surface area (Å²) in [5.41, 5.74) is 5.38. The second kappa shape index (κ2) is 5.61. The molecule has 0 aromatic heterocycles. The van der Waals surface area contributed by atoms with Crippen molar-refractivity contribution in [3.05, 3.63) is 35.1 Å². The van der Waals surface area contributed by atoms with Crippen molar-refractivity contribution in [2.24, 2.45) is 11.7 Å². The first-order valence-corrected chi connectivity index (χ1v) is 6.16. The number of piperidine rings is 1. The van der Waals surface area contributed by atoms with Crippen molar-refractivity contribution < 1.29 is 18.0 Å². The topological polar surface area (TPSA) is 46.3 Å². The first kappa shape index (κ1) is 13.9. The van der Waals surface area contributed by atoms with Gasteiger partial charge in [-0.3, -0.25) is 4.79 Å². The molecule has 1 aliphatic heterocycles. The van der Waals surface area contributed by atoms with Gasteiger partial charge in [-0.05, 0) is 37.4 Å². The van der Waals surface area contributed by atoms with Crippen LogP contribution >= 0.6 is 0 Å². The van der Waals surface area contributed by atoms with E-state index in [2.05, 4.69) is 0 Å². The molecule has 0 saturated carbocycles. The van der Waals surface area contributed by atoms with Crippen LogP contribution in [-0.4, -0.2) is 30.4 Å². The first-order chi connectivity index (χ1) is 9.02. The van der Waals surface area contributed by atoms with Gasteiger partial charge in [-0.15, -0.1) is 0 Å². The molecular formula is C13H15F3N2O. The smallest absolute Gasteiger partial charge is 0.254 e. The molecule has 1 saturated heterocycles. The van der Waals surface area contributed by atoms with Crippen LogP contribution in [0, 0.1) is 23.4 Å². The third-order valence-corrected chi connectivity index (χ3v) is 3.47. The summed E-state index contributed by atoms with van der Waals surface area (Å²) in [6.45, 7) is 1.57. The fraction of sp³-hybridized carbons (Fsp3) is 0.462. The van der Waals surface area contributed by atoms with Gasteiger partial charge in [-0.2, -0.15) is 0 Å². The minimum Gasteiger partial charge on any atom is -0.339 e. The highest BCUT2D eigenvalue weighted by molar-refractivity contribution is 5.94. The summed E-state index contributed by atoms with van der Waals surface area (Å²) < 4.78 is 39.0. The second-order valence-corrected chi connectivity index (χ2v) is 4.73. The van der Waals surface area contributed by atoms with E-state index in [0.717, 1.165) is 25.0 Å². The third kappa shape index (κ3) is 2.89. The van der Waals surface area contributed by atoms with Gasteiger partial charge < -0.3 is 10.6 Å². The van der Waals surface area contributed by atoms with Gasteiger partial charge in [0.2, 0.25) is 0 Å². The molecule has 6 heteroatoms. The van der Waals surface area contributed by atoms with Crippen LogP contribution in [0.3, 0.4) is 0 Å². The molecule has 1 fully saturated rings. The van der Waals surface area contributed by atoms with Crippen molar-refractivity contribution in [2.45, 2.75) is 12.8 Å². The minimum atomic E-state index is -1.56. The summed E-state index contributed by atoms with van der Waals surface area (Å²) in [5.74, 6) is -4.35. The number of carbonyl (C=O) groups is 1. The van der Waals surface area contributed by atoms with Gasteiger partial charge in [-0.1, -0.05) is 0 Å². The molecule has 1 aromatic rings. The molecule has 1 heterocycles. The van der Waals surface area contributed by atoms with E-state index >= 15 is 0 Å². The Morgan fingerprint density at radius 1 is 1.21 bits per heavy atom. The fourth-order valence-electron chi connectivity index (χ4n) is 2.23. The molecule has 2 rings (SSSR count). The second-order valence-electron chi connectivity index (χ2n) is 4.73. The van der Waals surface area contributed by atoms with Gasteiger partial charge >= 0.3 is 0 Å². The highest BCUT2D eigenvalue weighted by Crippen LogP contribution is 2.20. The molecule has 0 bridgehead atoms. The van der Waals surface area contributed by atoms with Gasteiger partial charge in [0.1, 0.15) is 0 Å². The maximum Gasteiger partial charge on any atom is 0.254 e. The number of benzene rings is 1. The zero-order valence-electron chi connectivity index (χ0n) is 10.3. The van der Waals surface area contributed by atoms with E-state index in [9.17, 15) is 18.0 Å². The van der Waals surface area contributed by atoms with E-state index in [1.54, 1.807) is 0 Å². The highest BCUT2D eigenvalue weighted by Gasteiger charge is 2.24. The van der Waals surface area contributed by atoms with Crippen LogP contribution in [0.1, 0.15) is 23.2 Å². The van der Waals surface area contributed by atoms with Crippen LogP contribution < -0.4 is 5.73 Å². The quantitative estimate of drug-likeness (QED) is 0.836. The predicted octanol–water partition coefficient (Wildman–Crippen LogP) is 1.91. The Morgan fingerprint density at radius 2 is 1.74 bits per heavy atom. The zero-order chi connectivity index (χ0) is 14.0. The minimum absolute atomic E-state index is 0.164. The molecule has 0 radical (unpaired) electrons. The van der Waals surface area contributed by atoms with Gasteiger partial charge in [0.25, 0.3) is 5.91 Å². The van der Waals surface area contributed by atoms with Crippen molar-refractivity contribution in [3.8, 4) is 0 Å². The van der Waals surface area contributed by atoms with E-state index in [1.807, 2.05) is 0 Å². The van der Waals surface area contributed by atoms with Crippen molar-refractivity contribution in [1.29, 1.82) is 0 Å². The van der Waals surface area contributed by atoms with Crippen LogP contribution in [0.25, 0.3) is 0 Å². The molecule has 1 amide bonds. The predicted molar refractivity (Wildman–Crippen MR) is 64.0 cm³/mol. The molecule has 0 spiro atoms. The molecule has 0 atom stereocenters. The summed E-state index contributed by atoms with van der Waals surface area (Å²) in [6, 6.07) is 1.46. The van der Waals surface area contributed by atoms with E-state index < -0.39 is 23.4 Å². The lowest BCUT2D eigenvalue weighted by atomic mass is 9.96. The summed E-state index contributed by atoms with van der Waals surface area (Å²) in [5, 5.41) is 0. The maximum atomic E-state index is 13.1. The van der Waals surface area contributed by atoms with Gasteiger partial charge in [0.05, 0.1) is 0 Å². The zero-order valence-corrected chi connectivity index (χ0v) is 10.3. The van der Waals surface area contributed by atoms with Gasteiger partial charge in [-0.25, -0.2) is 13.2 Å². The molecule has 1 aliphatic rings. The molecular weight excluding hydrogens is 257 g/mol. The van der Waals surface area contributed by atoms with E-state index in [4.69, 9.17) is 5.73 Å². The average molecular weight is 272 g/mol. The fourth-order valence-corrected chi connectivity index (χ4v) is 2.23. The summed E-state index contributed by atoms with van der Waals surface area (Å²) in [7, 11) is 0. The monoisotopic (exact) mass is 272 g/mol. The highest BCUT2D eigenvalue weighted by atomic mass is 19.2. The lowest BCUT2D eigenvalue weighted by Crippen LogP contribution is -2.40. The number of rotatable bonds is 2. The van der Waals surface area contributed by atoms with Crippen LogP contribution in [-0.2, 0) is 0 Å².